The zero-order valence-electron chi connectivity index (χ0n) is 21.6. The summed E-state index contributed by atoms with van der Waals surface area (Å²) >= 11 is 0. The van der Waals surface area contributed by atoms with E-state index < -0.39 is 0 Å². The van der Waals surface area contributed by atoms with Gasteiger partial charge in [0.2, 0.25) is 0 Å². The van der Waals surface area contributed by atoms with Gasteiger partial charge in [-0.15, -0.1) is 0 Å². The minimum atomic E-state index is -0.323. The van der Waals surface area contributed by atoms with Crippen LogP contribution >= 0.6 is 0 Å². The number of rotatable bonds is 7. The summed E-state index contributed by atoms with van der Waals surface area (Å²) in [4.78, 5) is 26.2. The first-order chi connectivity index (χ1) is 17.8. The van der Waals surface area contributed by atoms with E-state index in [4.69, 9.17) is 4.74 Å². The highest BCUT2D eigenvalue weighted by molar-refractivity contribution is 6.06. The lowest BCUT2D eigenvalue weighted by atomic mass is 10.0. The van der Waals surface area contributed by atoms with Gasteiger partial charge in [0.1, 0.15) is 5.69 Å². The average Bonchev–Trinajstić information content (AvgIpc) is 3.47. The van der Waals surface area contributed by atoms with Crippen LogP contribution in [0.25, 0.3) is 10.9 Å². The summed E-state index contributed by atoms with van der Waals surface area (Å²) in [6.07, 6.45) is 1.95. The molecule has 190 valence electrons. The summed E-state index contributed by atoms with van der Waals surface area (Å²) in [6.45, 7) is 7.87. The zero-order chi connectivity index (χ0) is 26.0. The summed E-state index contributed by atoms with van der Waals surface area (Å²) < 4.78 is 7.90. The summed E-state index contributed by atoms with van der Waals surface area (Å²) in [5.41, 5.74) is 5.88. The number of nitrogens with one attached hydrogen (secondary N) is 2. The normalized spacial score (nSPS) is 17.2. The molecule has 6 heteroatoms. The number of aryl methyl sites for hydroxylation is 2. The van der Waals surface area contributed by atoms with Crippen LogP contribution in [0.15, 0.2) is 72.8 Å². The Bertz CT molecular complexity index is 1450. The van der Waals surface area contributed by atoms with Crippen molar-refractivity contribution in [2.45, 2.75) is 45.8 Å². The summed E-state index contributed by atoms with van der Waals surface area (Å²) in [6, 6.07) is 23.5. The maximum Gasteiger partial charge on any atom is 0.268 e. The second-order valence-corrected chi connectivity index (χ2v) is 10.3. The van der Waals surface area contributed by atoms with Crippen LogP contribution < -0.4 is 10.6 Å². The molecule has 37 heavy (non-hydrogen) atoms. The lowest BCUT2D eigenvalue weighted by molar-refractivity contribution is 0.0205. The predicted molar refractivity (Wildman–Crippen MR) is 147 cm³/mol. The van der Waals surface area contributed by atoms with Gasteiger partial charge in [0, 0.05) is 41.9 Å². The third-order valence-corrected chi connectivity index (χ3v) is 7.05. The van der Waals surface area contributed by atoms with Crippen molar-refractivity contribution in [2.24, 2.45) is 0 Å². The van der Waals surface area contributed by atoms with Crippen LogP contribution in [0, 0.1) is 13.8 Å². The number of benzene rings is 3. The molecule has 0 saturated carbocycles. The number of ether oxygens (including phenoxy) is 1. The number of aromatic nitrogens is 1. The van der Waals surface area contributed by atoms with Crippen molar-refractivity contribution >= 4 is 28.4 Å². The van der Waals surface area contributed by atoms with E-state index in [2.05, 4.69) is 35.8 Å². The Kier molecular flexibility index (Phi) is 6.85. The minimum Gasteiger partial charge on any atom is -0.373 e. The smallest absolute Gasteiger partial charge is 0.268 e. The van der Waals surface area contributed by atoms with E-state index in [0.29, 0.717) is 30.0 Å². The van der Waals surface area contributed by atoms with E-state index in [1.54, 1.807) is 0 Å². The molecule has 1 saturated heterocycles. The number of hydrogen-bond donors (Lipinski definition) is 2. The fourth-order valence-corrected chi connectivity index (χ4v) is 4.94. The Morgan fingerprint density at radius 1 is 0.946 bits per heavy atom. The van der Waals surface area contributed by atoms with Crippen molar-refractivity contribution in [1.82, 2.24) is 9.88 Å². The Balaban J connectivity index is 1.45. The van der Waals surface area contributed by atoms with Gasteiger partial charge in [-0.3, -0.25) is 9.59 Å². The van der Waals surface area contributed by atoms with Crippen molar-refractivity contribution in [1.29, 1.82) is 0 Å². The quantitative estimate of drug-likeness (QED) is 0.337. The molecule has 0 radical (unpaired) electrons. The average molecular weight is 496 g/mol. The molecule has 5 rings (SSSR count). The molecule has 2 amide bonds. The van der Waals surface area contributed by atoms with Gasteiger partial charge in [-0.05, 0) is 75.6 Å². The molecule has 1 atom stereocenters. The maximum absolute atomic E-state index is 13.4. The Morgan fingerprint density at radius 2 is 1.76 bits per heavy atom. The molecule has 2 heterocycles. The van der Waals surface area contributed by atoms with Gasteiger partial charge in [0.05, 0.1) is 5.60 Å². The van der Waals surface area contributed by atoms with Gasteiger partial charge < -0.3 is 19.9 Å². The topological polar surface area (TPSA) is 72.4 Å². The number of hydrogen-bond acceptors (Lipinski definition) is 3. The molecule has 2 N–H and O–H groups in total. The van der Waals surface area contributed by atoms with Crippen molar-refractivity contribution < 1.29 is 14.3 Å². The second-order valence-electron chi connectivity index (χ2n) is 10.3. The summed E-state index contributed by atoms with van der Waals surface area (Å²) in [5.74, 6) is -0.299. The molecular formula is C31H33N3O3. The fraction of sp³-hybridized carbons (Fsp3) is 0.290. The second kappa shape index (κ2) is 10.2. The molecule has 0 unspecified atom stereocenters. The highest BCUT2D eigenvalue weighted by Crippen LogP contribution is 2.27. The molecular weight excluding hydrogens is 462 g/mol. The number of anilines is 1. The predicted octanol–water partition coefficient (Wildman–Crippen LogP) is 5.86. The molecule has 1 fully saturated rings. The lowest BCUT2D eigenvalue weighted by Crippen LogP contribution is -2.40. The van der Waals surface area contributed by atoms with E-state index in [1.807, 2.05) is 73.0 Å². The van der Waals surface area contributed by atoms with Crippen LogP contribution in [0.2, 0.25) is 0 Å². The molecule has 0 spiro atoms. The maximum atomic E-state index is 13.4. The molecule has 1 aliphatic rings. The van der Waals surface area contributed by atoms with Gasteiger partial charge in [0.15, 0.2) is 0 Å². The molecule has 6 nitrogen and oxygen atoms in total. The number of amides is 2. The third-order valence-electron chi connectivity index (χ3n) is 7.05. The van der Waals surface area contributed by atoms with Crippen LogP contribution in [0.3, 0.4) is 0 Å². The van der Waals surface area contributed by atoms with Gasteiger partial charge in [0.25, 0.3) is 11.8 Å². The van der Waals surface area contributed by atoms with Crippen molar-refractivity contribution in [3.05, 3.63) is 101 Å². The number of carbonyl (C=O) groups is 2. The molecule has 3 aromatic carbocycles. The van der Waals surface area contributed by atoms with Crippen LogP contribution in [0.1, 0.15) is 57.3 Å². The molecule has 1 aromatic heterocycles. The van der Waals surface area contributed by atoms with Crippen molar-refractivity contribution in [2.75, 3.05) is 18.5 Å². The first-order valence-electron chi connectivity index (χ1n) is 12.8. The van der Waals surface area contributed by atoms with E-state index in [9.17, 15) is 9.59 Å². The summed E-state index contributed by atoms with van der Waals surface area (Å²) in [7, 11) is 0. The van der Waals surface area contributed by atoms with Gasteiger partial charge in [-0.25, -0.2) is 0 Å². The Hall–Kier alpha value is -3.90. The molecule has 1 aliphatic heterocycles. The third kappa shape index (κ3) is 5.59. The largest absolute Gasteiger partial charge is 0.373 e. The van der Waals surface area contributed by atoms with Crippen LogP contribution in [0.4, 0.5) is 5.69 Å². The number of carbonyl (C=O) groups excluding carboxylic acids is 2. The monoisotopic (exact) mass is 495 g/mol. The fourth-order valence-electron chi connectivity index (χ4n) is 4.94. The van der Waals surface area contributed by atoms with Crippen LogP contribution in [0.5, 0.6) is 0 Å². The summed E-state index contributed by atoms with van der Waals surface area (Å²) in [5, 5.41) is 6.98. The van der Waals surface area contributed by atoms with Gasteiger partial charge in [-0.1, -0.05) is 47.5 Å². The first kappa shape index (κ1) is 24.8. The first-order valence-corrected chi connectivity index (χ1v) is 12.8. The van der Waals surface area contributed by atoms with E-state index in [-0.39, 0.29) is 17.4 Å². The highest BCUT2D eigenvalue weighted by Gasteiger charge is 2.30. The molecule has 4 aromatic rings. The van der Waals surface area contributed by atoms with Gasteiger partial charge >= 0.3 is 0 Å². The van der Waals surface area contributed by atoms with Crippen molar-refractivity contribution in [3.8, 4) is 0 Å². The van der Waals surface area contributed by atoms with E-state index in [0.717, 1.165) is 41.5 Å². The molecule has 0 bridgehead atoms. The number of fused-ring (bicyclic) bond motifs is 1. The Labute approximate surface area is 217 Å². The number of nitrogens with zero attached hydrogens (tertiary/aromatic N) is 1. The highest BCUT2D eigenvalue weighted by atomic mass is 16.5. The minimum absolute atomic E-state index is 0.134. The standard InChI is InChI=1S/C31H33N3O3/c1-21-8-10-24(11-9-21)29(35)33-26-12-13-27-25(17-26)18-28(30(36)32-20-31(3)14-5-15-37-31)34(27)19-23-7-4-6-22(2)16-23/h4,6-13,16-18H,5,14-15,19-20H2,1-3H3,(H,32,36)(H,33,35)/t31-/m1/s1. The zero-order valence-corrected chi connectivity index (χ0v) is 21.6. The molecule has 0 aliphatic carbocycles. The van der Waals surface area contributed by atoms with E-state index in [1.165, 1.54) is 5.56 Å². The van der Waals surface area contributed by atoms with E-state index >= 15 is 0 Å². The Morgan fingerprint density at radius 3 is 2.49 bits per heavy atom. The SMILES string of the molecule is Cc1ccc(C(=O)Nc2ccc3c(c2)cc(C(=O)NC[C@@]2(C)CCCO2)n3Cc2cccc(C)c2)cc1. The van der Waals surface area contributed by atoms with Crippen LogP contribution in [-0.2, 0) is 11.3 Å². The van der Waals surface area contributed by atoms with Gasteiger partial charge in [-0.2, -0.15) is 0 Å². The lowest BCUT2D eigenvalue weighted by Gasteiger charge is -2.23. The van der Waals surface area contributed by atoms with Crippen LogP contribution in [-0.4, -0.2) is 35.1 Å². The van der Waals surface area contributed by atoms with Crippen molar-refractivity contribution in [3.63, 3.8) is 0 Å².